The van der Waals surface area contributed by atoms with Gasteiger partial charge in [-0.3, -0.25) is 0 Å². The van der Waals surface area contributed by atoms with Crippen LogP contribution in [-0.4, -0.2) is 4.75 Å². The van der Waals surface area contributed by atoms with Gasteiger partial charge in [-0.2, -0.15) is 12.6 Å². The van der Waals surface area contributed by atoms with Gasteiger partial charge in [-0.1, -0.05) is 54.8 Å². The molecule has 0 heterocycles. The number of allylic oxidation sites excluding steroid dienone is 1. The van der Waals surface area contributed by atoms with Crippen LogP contribution in [0.4, 0.5) is 0 Å². The molecule has 0 radical (unpaired) electrons. The van der Waals surface area contributed by atoms with E-state index in [-0.39, 0.29) is 4.75 Å². The molecule has 4 aliphatic rings. The number of rotatable bonds is 4. The summed E-state index contributed by atoms with van der Waals surface area (Å²) >= 11 is 5.41. The van der Waals surface area contributed by atoms with Crippen LogP contribution in [0.3, 0.4) is 0 Å². The highest BCUT2D eigenvalue weighted by atomic mass is 32.1. The van der Waals surface area contributed by atoms with Crippen LogP contribution in [0, 0.1) is 36.0 Å². The summed E-state index contributed by atoms with van der Waals surface area (Å²) < 4.78 is 0.256. The zero-order valence-corrected chi connectivity index (χ0v) is 19.5. The Balaban J connectivity index is 1.26. The van der Waals surface area contributed by atoms with Crippen molar-refractivity contribution in [3.8, 4) is 0 Å². The van der Waals surface area contributed by atoms with E-state index < -0.39 is 0 Å². The first-order valence-corrected chi connectivity index (χ1v) is 12.9. The fraction of sp³-hybridized carbons (Fsp3) is 0.714. The first kappa shape index (κ1) is 20.2. The third-order valence-electron chi connectivity index (χ3n) is 9.83. The van der Waals surface area contributed by atoms with Crippen LogP contribution in [0.25, 0.3) is 0 Å². The minimum absolute atomic E-state index is 0.256. The lowest BCUT2D eigenvalue weighted by atomic mass is 9.51. The number of hydrogen-bond acceptors (Lipinski definition) is 1. The Hall–Kier alpha value is -0.690. The third kappa shape index (κ3) is 3.44. The molecular formula is C28H40S. The fourth-order valence-corrected chi connectivity index (χ4v) is 8.85. The Kier molecular flexibility index (Phi) is 5.42. The largest absolute Gasteiger partial charge is 0.168 e. The maximum Gasteiger partial charge on any atom is 0.0369 e. The van der Waals surface area contributed by atoms with Gasteiger partial charge in [-0.25, -0.2) is 0 Å². The predicted molar refractivity (Wildman–Crippen MR) is 128 cm³/mol. The van der Waals surface area contributed by atoms with E-state index in [0.717, 1.165) is 23.7 Å². The molecule has 4 aliphatic carbocycles. The first-order chi connectivity index (χ1) is 14.0. The number of aryl methyl sites for hydroxylation is 2. The Morgan fingerprint density at radius 1 is 1.00 bits per heavy atom. The molecule has 6 unspecified atom stereocenters. The van der Waals surface area contributed by atoms with Gasteiger partial charge in [0, 0.05) is 4.75 Å². The molecule has 1 aromatic carbocycles. The monoisotopic (exact) mass is 408 g/mol. The SMILES string of the molecule is Cc1ccc(CCCC2CCC3C4CC=C5CCCCC5(S)C4CCC23C)cc1. The van der Waals surface area contributed by atoms with E-state index in [1.165, 1.54) is 88.2 Å². The lowest BCUT2D eigenvalue weighted by Gasteiger charge is -2.57. The summed E-state index contributed by atoms with van der Waals surface area (Å²) in [6.07, 6.45) is 19.4. The van der Waals surface area contributed by atoms with E-state index >= 15 is 0 Å². The first-order valence-electron chi connectivity index (χ1n) is 12.5. The van der Waals surface area contributed by atoms with Crippen molar-refractivity contribution >= 4 is 12.6 Å². The minimum atomic E-state index is 0.256. The van der Waals surface area contributed by atoms with Gasteiger partial charge in [0.15, 0.2) is 0 Å². The van der Waals surface area contributed by atoms with Gasteiger partial charge >= 0.3 is 0 Å². The van der Waals surface area contributed by atoms with Crippen molar-refractivity contribution < 1.29 is 0 Å². The van der Waals surface area contributed by atoms with E-state index in [1.807, 2.05) is 0 Å². The molecule has 0 amide bonds. The molecule has 0 aliphatic heterocycles. The third-order valence-corrected chi connectivity index (χ3v) is 10.7. The predicted octanol–water partition coefficient (Wildman–Crippen LogP) is 7.95. The van der Waals surface area contributed by atoms with Crippen molar-refractivity contribution in [1.29, 1.82) is 0 Å². The summed E-state index contributed by atoms with van der Waals surface area (Å²) in [4.78, 5) is 0. The van der Waals surface area contributed by atoms with E-state index in [0.29, 0.717) is 5.41 Å². The molecule has 0 aromatic heterocycles. The lowest BCUT2D eigenvalue weighted by Crippen LogP contribution is -2.51. The van der Waals surface area contributed by atoms with Crippen molar-refractivity contribution in [3.05, 3.63) is 47.0 Å². The van der Waals surface area contributed by atoms with E-state index in [1.54, 1.807) is 5.57 Å². The summed E-state index contributed by atoms with van der Waals surface area (Å²) in [6, 6.07) is 9.21. The van der Waals surface area contributed by atoms with Gasteiger partial charge in [0.25, 0.3) is 0 Å². The smallest absolute Gasteiger partial charge is 0.0369 e. The highest BCUT2D eigenvalue weighted by Crippen LogP contribution is 2.65. The van der Waals surface area contributed by atoms with Gasteiger partial charge in [0.1, 0.15) is 0 Å². The average Bonchev–Trinajstić information content (AvgIpc) is 3.05. The molecule has 0 spiro atoms. The van der Waals surface area contributed by atoms with Crippen molar-refractivity contribution in [2.45, 2.75) is 95.6 Å². The molecule has 0 bridgehead atoms. The Morgan fingerprint density at radius 2 is 1.83 bits per heavy atom. The van der Waals surface area contributed by atoms with Crippen molar-refractivity contribution in [1.82, 2.24) is 0 Å². The van der Waals surface area contributed by atoms with Crippen LogP contribution in [0.1, 0.15) is 88.7 Å². The maximum atomic E-state index is 5.41. The number of benzene rings is 1. The Bertz CT molecular complexity index is 761. The van der Waals surface area contributed by atoms with Gasteiger partial charge in [-0.05, 0) is 112 Å². The number of fused-ring (bicyclic) bond motifs is 5. The van der Waals surface area contributed by atoms with Crippen LogP contribution in [0.5, 0.6) is 0 Å². The average molecular weight is 409 g/mol. The minimum Gasteiger partial charge on any atom is -0.168 e. The summed E-state index contributed by atoms with van der Waals surface area (Å²) in [5.74, 6) is 3.67. The molecule has 0 nitrogen and oxygen atoms in total. The molecule has 1 aromatic rings. The zero-order chi connectivity index (χ0) is 20.1. The number of hydrogen-bond donors (Lipinski definition) is 1. The van der Waals surface area contributed by atoms with Gasteiger partial charge in [-0.15, -0.1) is 0 Å². The molecule has 0 N–H and O–H groups in total. The van der Waals surface area contributed by atoms with E-state index in [2.05, 4.69) is 44.2 Å². The molecule has 158 valence electrons. The molecule has 6 atom stereocenters. The summed E-state index contributed by atoms with van der Waals surface area (Å²) in [5, 5.41) is 0. The van der Waals surface area contributed by atoms with Gasteiger partial charge < -0.3 is 0 Å². The quantitative estimate of drug-likeness (QED) is 0.379. The lowest BCUT2D eigenvalue weighted by molar-refractivity contribution is -0.00647. The van der Waals surface area contributed by atoms with Crippen LogP contribution in [0.15, 0.2) is 35.9 Å². The van der Waals surface area contributed by atoms with Crippen LogP contribution < -0.4 is 0 Å². The van der Waals surface area contributed by atoms with Crippen LogP contribution >= 0.6 is 12.6 Å². The molecule has 0 saturated heterocycles. The highest BCUT2D eigenvalue weighted by Gasteiger charge is 2.58. The molecule has 5 rings (SSSR count). The van der Waals surface area contributed by atoms with Crippen molar-refractivity contribution in [2.24, 2.45) is 29.1 Å². The fourth-order valence-electron chi connectivity index (χ4n) is 8.17. The second-order valence-corrected chi connectivity index (χ2v) is 12.0. The van der Waals surface area contributed by atoms with Crippen LogP contribution in [0.2, 0.25) is 0 Å². The normalized spacial score (nSPS) is 41.3. The topological polar surface area (TPSA) is 0 Å². The summed E-state index contributed by atoms with van der Waals surface area (Å²) in [5.41, 5.74) is 5.22. The zero-order valence-electron chi connectivity index (χ0n) is 18.6. The molecule has 29 heavy (non-hydrogen) atoms. The molecule has 3 fully saturated rings. The number of thiol groups is 1. The second-order valence-electron chi connectivity index (χ2n) is 11.2. The van der Waals surface area contributed by atoms with Crippen LogP contribution in [-0.2, 0) is 6.42 Å². The van der Waals surface area contributed by atoms with E-state index in [9.17, 15) is 0 Å². The second kappa shape index (κ2) is 7.77. The standard InChI is InChI=1S/C28H40S/c1-20-9-11-21(12-10-20)6-5-8-22-14-16-25-24-15-13-23-7-3-4-18-28(23,29)26(24)17-19-27(22,25)2/h9-13,22,24-26,29H,3-8,14-19H2,1-2H3. The summed E-state index contributed by atoms with van der Waals surface area (Å²) in [7, 11) is 0. The van der Waals surface area contributed by atoms with Crippen molar-refractivity contribution in [2.75, 3.05) is 0 Å². The summed E-state index contributed by atoms with van der Waals surface area (Å²) in [6.45, 7) is 4.87. The Morgan fingerprint density at radius 3 is 2.66 bits per heavy atom. The molecular weight excluding hydrogens is 368 g/mol. The Labute approximate surface area is 184 Å². The molecule has 3 saturated carbocycles. The van der Waals surface area contributed by atoms with Crippen molar-refractivity contribution in [3.63, 3.8) is 0 Å². The maximum absolute atomic E-state index is 5.41. The molecule has 1 heteroatoms. The van der Waals surface area contributed by atoms with Gasteiger partial charge in [0.2, 0.25) is 0 Å². The van der Waals surface area contributed by atoms with Gasteiger partial charge in [0.05, 0.1) is 0 Å². The highest BCUT2D eigenvalue weighted by molar-refractivity contribution is 7.82. The van der Waals surface area contributed by atoms with E-state index in [4.69, 9.17) is 12.6 Å².